The summed E-state index contributed by atoms with van der Waals surface area (Å²) in [5.74, 6) is -3.30. The third-order valence-electron chi connectivity index (χ3n) is 2.83. The SMILES string of the molecule is CCOc1ccc(F)c(F)c1C=N/N=C1/NC(=O)/C(=C\C(=O)OC)S1. The van der Waals surface area contributed by atoms with Gasteiger partial charge in [-0.3, -0.25) is 10.1 Å². The number of nitrogens with zero attached hydrogens (tertiary/aromatic N) is 2. The van der Waals surface area contributed by atoms with E-state index >= 15 is 0 Å². The number of amidine groups is 1. The van der Waals surface area contributed by atoms with Crippen LogP contribution in [0, 0.1) is 11.6 Å². The van der Waals surface area contributed by atoms with Crippen molar-refractivity contribution in [1.29, 1.82) is 0 Å². The van der Waals surface area contributed by atoms with Crippen LogP contribution in [0.3, 0.4) is 0 Å². The highest BCUT2D eigenvalue weighted by Gasteiger charge is 2.25. The molecule has 1 heterocycles. The Kier molecular flexibility index (Phi) is 6.23. The van der Waals surface area contributed by atoms with Gasteiger partial charge in [0, 0.05) is 6.08 Å². The highest BCUT2D eigenvalue weighted by molar-refractivity contribution is 8.18. The molecule has 1 N–H and O–H groups in total. The molecule has 0 radical (unpaired) electrons. The standard InChI is InChI=1S/C15H13F2N3O4S/c1-3-24-10-5-4-9(16)13(17)8(10)7-18-20-15-19-14(22)11(25-15)6-12(21)23-2/h4-7H,3H2,1-2H3,(H,19,20,22)/b11-6+,18-7?. The number of carbonyl (C=O) groups is 2. The summed E-state index contributed by atoms with van der Waals surface area (Å²) in [5.41, 5.74) is -0.203. The van der Waals surface area contributed by atoms with Gasteiger partial charge in [0.15, 0.2) is 16.8 Å². The van der Waals surface area contributed by atoms with Crippen LogP contribution in [0.2, 0.25) is 0 Å². The molecule has 0 aromatic heterocycles. The number of halogens is 2. The Morgan fingerprint density at radius 1 is 1.40 bits per heavy atom. The van der Waals surface area contributed by atoms with Gasteiger partial charge in [0.25, 0.3) is 5.91 Å². The number of benzene rings is 1. The van der Waals surface area contributed by atoms with Gasteiger partial charge < -0.3 is 9.47 Å². The highest BCUT2D eigenvalue weighted by atomic mass is 32.2. The number of esters is 1. The molecule has 0 bridgehead atoms. The van der Waals surface area contributed by atoms with Gasteiger partial charge in [-0.1, -0.05) is 0 Å². The molecule has 1 aromatic rings. The molecule has 7 nitrogen and oxygen atoms in total. The number of amides is 1. The maximum Gasteiger partial charge on any atom is 0.331 e. The maximum absolute atomic E-state index is 13.9. The van der Waals surface area contributed by atoms with Crippen molar-refractivity contribution >= 4 is 35.0 Å². The Morgan fingerprint density at radius 2 is 2.16 bits per heavy atom. The van der Waals surface area contributed by atoms with Gasteiger partial charge in [0.1, 0.15) is 5.75 Å². The minimum Gasteiger partial charge on any atom is -0.493 e. The van der Waals surface area contributed by atoms with Gasteiger partial charge >= 0.3 is 5.97 Å². The number of ether oxygens (including phenoxy) is 2. The largest absolute Gasteiger partial charge is 0.493 e. The van der Waals surface area contributed by atoms with Crippen molar-refractivity contribution in [3.8, 4) is 5.75 Å². The number of rotatable bonds is 5. The molecule has 1 aromatic carbocycles. The summed E-state index contributed by atoms with van der Waals surface area (Å²) in [5, 5.41) is 9.78. The predicted molar refractivity (Wildman–Crippen MR) is 88.4 cm³/mol. The minimum absolute atomic E-state index is 0.0752. The van der Waals surface area contributed by atoms with Gasteiger partial charge in [-0.25, -0.2) is 13.6 Å². The van der Waals surface area contributed by atoms with E-state index in [4.69, 9.17) is 4.74 Å². The lowest BCUT2D eigenvalue weighted by Gasteiger charge is -2.07. The molecule has 0 aliphatic carbocycles. The maximum atomic E-state index is 13.9. The summed E-state index contributed by atoms with van der Waals surface area (Å²) in [6, 6.07) is 2.22. The van der Waals surface area contributed by atoms with Crippen molar-refractivity contribution in [2.45, 2.75) is 6.92 Å². The van der Waals surface area contributed by atoms with Crippen molar-refractivity contribution in [1.82, 2.24) is 5.32 Å². The van der Waals surface area contributed by atoms with Crippen LogP contribution in [0.4, 0.5) is 8.78 Å². The van der Waals surface area contributed by atoms with Crippen LogP contribution in [-0.4, -0.2) is 37.0 Å². The van der Waals surface area contributed by atoms with Gasteiger partial charge in [-0.05, 0) is 30.8 Å². The van der Waals surface area contributed by atoms with Crippen molar-refractivity contribution in [3.05, 3.63) is 40.3 Å². The summed E-state index contributed by atoms with van der Waals surface area (Å²) in [6.07, 6.45) is 1.98. The lowest BCUT2D eigenvalue weighted by molar-refractivity contribution is -0.135. The predicted octanol–water partition coefficient (Wildman–Crippen LogP) is 1.97. The van der Waals surface area contributed by atoms with E-state index in [2.05, 4.69) is 20.3 Å². The quantitative estimate of drug-likeness (QED) is 0.371. The van der Waals surface area contributed by atoms with Crippen LogP contribution < -0.4 is 10.1 Å². The Bertz CT molecular complexity index is 793. The van der Waals surface area contributed by atoms with E-state index in [1.807, 2.05) is 0 Å². The third-order valence-corrected chi connectivity index (χ3v) is 3.73. The fourth-order valence-electron chi connectivity index (χ4n) is 1.73. The van der Waals surface area contributed by atoms with E-state index in [-0.39, 0.29) is 28.0 Å². The number of nitrogens with one attached hydrogen (secondary N) is 1. The van der Waals surface area contributed by atoms with Crippen molar-refractivity contribution < 1.29 is 27.8 Å². The van der Waals surface area contributed by atoms with E-state index in [0.717, 1.165) is 30.1 Å². The van der Waals surface area contributed by atoms with Crippen molar-refractivity contribution in [3.63, 3.8) is 0 Å². The second-order valence-electron chi connectivity index (χ2n) is 4.44. The molecular formula is C15H13F2N3O4S. The second-order valence-corrected chi connectivity index (χ2v) is 5.47. The summed E-state index contributed by atoms with van der Waals surface area (Å²) in [7, 11) is 1.18. The van der Waals surface area contributed by atoms with E-state index in [9.17, 15) is 18.4 Å². The van der Waals surface area contributed by atoms with E-state index in [1.54, 1.807) is 6.92 Å². The Hall–Kier alpha value is -2.75. The molecule has 1 aliphatic heterocycles. The number of carbonyl (C=O) groups excluding carboxylic acids is 2. The van der Waals surface area contributed by atoms with E-state index < -0.39 is 23.5 Å². The topological polar surface area (TPSA) is 89.4 Å². The molecule has 10 heteroatoms. The lowest BCUT2D eigenvalue weighted by atomic mass is 10.2. The number of methoxy groups -OCH3 is 1. The monoisotopic (exact) mass is 369 g/mol. The van der Waals surface area contributed by atoms with Crippen molar-refractivity contribution in [2.75, 3.05) is 13.7 Å². The van der Waals surface area contributed by atoms with Gasteiger partial charge in [0.2, 0.25) is 0 Å². The Balaban J connectivity index is 2.20. The van der Waals surface area contributed by atoms with Crippen LogP contribution in [0.15, 0.2) is 33.3 Å². The third kappa shape index (κ3) is 4.63. The number of thioether (sulfide) groups is 1. The molecule has 1 aliphatic rings. The first-order valence-corrected chi connectivity index (χ1v) is 7.78. The molecule has 2 rings (SSSR count). The molecule has 132 valence electrons. The zero-order chi connectivity index (χ0) is 18.4. The Morgan fingerprint density at radius 3 is 2.84 bits per heavy atom. The Labute approximate surface area is 145 Å². The molecule has 0 unspecified atom stereocenters. The first kappa shape index (κ1) is 18.6. The van der Waals surface area contributed by atoms with Gasteiger partial charge in [-0.2, -0.15) is 5.10 Å². The normalized spacial score (nSPS) is 17.4. The average molecular weight is 369 g/mol. The molecule has 0 spiro atoms. The van der Waals surface area contributed by atoms with Gasteiger partial charge in [-0.15, -0.1) is 5.10 Å². The molecule has 1 saturated heterocycles. The molecule has 0 atom stereocenters. The fourth-order valence-corrected chi connectivity index (χ4v) is 2.47. The van der Waals surface area contributed by atoms with Crippen LogP contribution >= 0.6 is 11.8 Å². The van der Waals surface area contributed by atoms with E-state index in [0.29, 0.717) is 0 Å². The smallest absolute Gasteiger partial charge is 0.331 e. The zero-order valence-corrected chi connectivity index (χ0v) is 14.0. The summed E-state index contributed by atoms with van der Waals surface area (Å²) >= 11 is 0.856. The van der Waals surface area contributed by atoms with Crippen LogP contribution in [0.5, 0.6) is 5.75 Å². The van der Waals surface area contributed by atoms with E-state index in [1.165, 1.54) is 13.2 Å². The van der Waals surface area contributed by atoms with Crippen molar-refractivity contribution in [2.24, 2.45) is 10.2 Å². The molecule has 1 fully saturated rings. The first-order chi connectivity index (χ1) is 12.0. The van der Waals surface area contributed by atoms with Crippen LogP contribution in [-0.2, 0) is 14.3 Å². The molecule has 0 saturated carbocycles. The summed E-state index contributed by atoms with van der Waals surface area (Å²) in [4.78, 5) is 22.8. The fraction of sp³-hybridized carbons (Fsp3) is 0.200. The van der Waals surface area contributed by atoms with Gasteiger partial charge in [0.05, 0.1) is 30.4 Å². The molecular weight excluding hydrogens is 356 g/mol. The average Bonchev–Trinajstić information content (AvgIpc) is 2.93. The van der Waals surface area contributed by atoms with Crippen LogP contribution in [0.25, 0.3) is 0 Å². The highest BCUT2D eigenvalue weighted by Crippen LogP contribution is 2.24. The first-order valence-electron chi connectivity index (χ1n) is 6.97. The summed E-state index contributed by atoms with van der Waals surface area (Å²) in [6.45, 7) is 1.95. The van der Waals surface area contributed by atoms with Crippen LogP contribution in [0.1, 0.15) is 12.5 Å². The molecule has 1 amide bonds. The zero-order valence-electron chi connectivity index (χ0n) is 13.2. The molecule has 25 heavy (non-hydrogen) atoms. The lowest BCUT2D eigenvalue weighted by Crippen LogP contribution is -2.19. The number of hydrogen-bond acceptors (Lipinski definition) is 7. The number of hydrogen-bond donors (Lipinski definition) is 1. The minimum atomic E-state index is -1.12. The second kappa shape index (κ2) is 8.38. The summed E-state index contributed by atoms with van der Waals surface area (Å²) < 4.78 is 36.8.